The van der Waals surface area contributed by atoms with E-state index in [1.165, 1.54) is 0 Å². The van der Waals surface area contributed by atoms with E-state index in [-0.39, 0.29) is 11.7 Å². The fraction of sp³-hybridized carbons (Fsp3) is 0.474. The molecule has 2 heterocycles. The molecule has 1 saturated heterocycles. The van der Waals surface area contributed by atoms with Gasteiger partial charge in [0, 0.05) is 31.5 Å². The molecular formula is C19H23NO3. The lowest BCUT2D eigenvalue weighted by Gasteiger charge is -2.44. The molecule has 0 N–H and O–H groups in total. The maximum absolute atomic E-state index is 12.6. The van der Waals surface area contributed by atoms with Gasteiger partial charge < -0.3 is 9.64 Å². The molecule has 2 aliphatic heterocycles. The molecule has 0 saturated carbocycles. The van der Waals surface area contributed by atoms with Gasteiger partial charge in [-0.25, -0.2) is 0 Å². The minimum Gasteiger partial charge on any atom is -0.486 e. The first kappa shape index (κ1) is 15.8. The number of ketones is 1. The van der Waals surface area contributed by atoms with E-state index in [2.05, 4.69) is 6.58 Å². The van der Waals surface area contributed by atoms with E-state index >= 15 is 0 Å². The van der Waals surface area contributed by atoms with Gasteiger partial charge in [0.1, 0.15) is 11.4 Å². The Morgan fingerprint density at radius 2 is 1.83 bits per heavy atom. The molecular weight excluding hydrogens is 290 g/mol. The van der Waals surface area contributed by atoms with E-state index < -0.39 is 5.60 Å². The summed E-state index contributed by atoms with van der Waals surface area (Å²) in [7, 11) is 0. The molecule has 2 aliphatic rings. The second-order valence-corrected chi connectivity index (χ2v) is 6.89. The van der Waals surface area contributed by atoms with Crippen molar-refractivity contribution in [1.82, 2.24) is 4.90 Å². The number of ether oxygens (including phenoxy) is 1. The molecule has 3 rings (SSSR count). The average molecular weight is 313 g/mol. The lowest BCUT2D eigenvalue weighted by Crippen LogP contribution is -2.52. The van der Waals surface area contributed by atoms with Crippen LogP contribution in [0.1, 0.15) is 47.7 Å². The Bertz CT molecular complexity index is 697. The van der Waals surface area contributed by atoms with Gasteiger partial charge in [0.05, 0.1) is 12.0 Å². The van der Waals surface area contributed by atoms with Crippen LogP contribution >= 0.6 is 0 Å². The van der Waals surface area contributed by atoms with E-state index in [1.807, 2.05) is 26.0 Å². The zero-order valence-corrected chi connectivity index (χ0v) is 14.1. The third-order valence-corrected chi connectivity index (χ3v) is 5.03. The number of amides is 1. The van der Waals surface area contributed by atoms with Crippen LogP contribution in [0.5, 0.6) is 5.75 Å². The maximum atomic E-state index is 12.6. The maximum Gasteiger partial charge on any atom is 0.248 e. The van der Waals surface area contributed by atoms with E-state index in [0.29, 0.717) is 49.2 Å². The van der Waals surface area contributed by atoms with E-state index in [1.54, 1.807) is 11.8 Å². The predicted octanol–water partition coefficient (Wildman–Crippen LogP) is 3.21. The number of hydrogen-bond donors (Lipinski definition) is 0. The third kappa shape index (κ3) is 2.78. The Kier molecular flexibility index (Phi) is 3.78. The average Bonchev–Trinajstić information content (AvgIpc) is 2.49. The van der Waals surface area contributed by atoms with Gasteiger partial charge in [-0.2, -0.15) is 0 Å². The number of rotatable bonds is 1. The molecule has 0 aliphatic carbocycles. The summed E-state index contributed by atoms with van der Waals surface area (Å²) in [5.41, 5.74) is 3.02. The molecule has 1 amide bonds. The van der Waals surface area contributed by atoms with E-state index in [4.69, 9.17) is 4.74 Å². The number of benzene rings is 1. The minimum absolute atomic E-state index is 0.00569. The molecule has 0 aromatic heterocycles. The van der Waals surface area contributed by atoms with Gasteiger partial charge in [0.15, 0.2) is 5.78 Å². The van der Waals surface area contributed by atoms with Crippen molar-refractivity contribution in [3.63, 3.8) is 0 Å². The number of Topliss-reactive ketones (excluding diaryl/α,β-unsaturated/α-hetero) is 1. The summed E-state index contributed by atoms with van der Waals surface area (Å²) in [4.78, 5) is 26.4. The molecule has 1 fully saturated rings. The Labute approximate surface area is 137 Å². The number of fused-ring (bicyclic) bond motifs is 1. The number of carbonyl (C=O) groups excluding carboxylic acids is 2. The SMILES string of the molecule is C=C(C)C(=O)N1CCC2(CC1)CC(=O)c1cc(C)c(C)cc1O2. The van der Waals surface area contributed by atoms with Crippen molar-refractivity contribution in [1.29, 1.82) is 0 Å². The minimum atomic E-state index is -0.461. The van der Waals surface area contributed by atoms with Gasteiger partial charge >= 0.3 is 0 Å². The van der Waals surface area contributed by atoms with Gasteiger partial charge in [-0.05, 0) is 44.0 Å². The fourth-order valence-corrected chi connectivity index (χ4v) is 3.42. The Morgan fingerprint density at radius 3 is 2.43 bits per heavy atom. The molecule has 0 atom stereocenters. The molecule has 23 heavy (non-hydrogen) atoms. The van der Waals surface area contributed by atoms with Crippen molar-refractivity contribution in [3.8, 4) is 5.75 Å². The number of nitrogens with zero attached hydrogens (tertiary/aromatic N) is 1. The van der Waals surface area contributed by atoms with Crippen LogP contribution < -0.4 is 4.74 Å². The molecule has 4 heteroatoms. The number of carbonyl (C=O) groups is 2. The third-order valence-electron chi connectivity index (χ3n) is 5.03. The number of aryl methyl sites for hydroxylation is 2. The summed E-state index contributed by atoms with van der Waals surface area (Å²) in [6.45, 7) is 10.7. The summed E-state index contributed by atoms with van der Waals surface area (Å²) in [6, 6.07) is 3.90. The topological polar surface area (TPSA) is 46.6 Å². The quantitative estimate of drug-likeness (QED) is 0.748. The predicted molar refractivity (Wildman–Crippen MR) is 88.9 cm³/mol. The summed E-state index contributed by atoms with van der Waals surface area (Å²) in [6.07, 6.45) is 1.77. The highest BCUT2D eigenvalue weighted by Gasteiger charge is 2.43. The highest BCUT2D eigenvalue weighted by atomic mass is 16.5. The van der Waals surface area contributed by atoms with Gasteiger partial charge in [-0.15, -0.1) is 0 Å². The highest BCUT2D eigenvalue weighted by molar-refractivity contribution is 6.00. The van der Waals surface area contributed by atoms with Crippen LogP contribution in [0.2, 0.25) is 0 Å². The fourth-order valence-electron chi connectivity index (χ4n) is 3.42. The van der Waals surface area contributed by atoms with Crippen molar-refractivity contribution >= 4 is 11.7 Å². The smallest absolute Gasteiger partial charge is 0.248 e. The Balaban J connectivity index is 1.81. The Morgan fingerprint density at radius 1 is 1.22 bits per heavy atom. The van der Waals surface area contributed by atoms with Crippen molar-refractivity contribution in [3.05, 3.63) is 41.0 Å². The molecule has 0 unspecified atom stereocenters. The molecule has 1 aromatic rings. The summed E-state index contributed by atoms with van der Waals surface area (Å²) in [5.74, 6) is 0.840. The molecule has 1 aromatic carbocycles. The van der Waals surface area contributed by atoms with Crippen molar-refractivity contribution in [2.75, 3.05) is 13.1 Å². The standard InChI is InChI=1S/C19H23NO3/c1-12(2)18(22)20-7-5-19(6-8-20)11-16(21)15-9-13(3)14(4)10-17(15)23-19/h9-10H,1,5-8,11H2,2-4H3. The highest BCUT2D eigenvalue weighted by Crippen LogP contribution is 2.40. The molecule has 1 spiro atoms. The molecule has 4 nitrogen and oxygen atoms in total. The van der Waals surface area contributed by atoms with Crippen molar-refractivity contribution in [2.45, 2.75) is 45.6 Å². The normalized spacial score (nSPS) is 19.3. The molecule has 0 radical (unpaired) electrons. The lowest BCUT2D eigenvalue weighted by molar-refractivity contribution is -0.130. The monoisotopic (exact) mass is 313 g/mol. The number of hydrogen-bond acceptors (Lipinski definition) is 3. The first-order valence-electron chi connectivity index (χ1n) is 8.10. The van der Waals surface area contributed by atoms with Crippen LogP contribution in [0.3, 0.4) is 0 Å². The second kappa shape index (κ2) is 5.52. The van der Waals surface area contributed by atoms with Gasteiger partial charge in [-0.3, -0.25) is 9.59 Å². The van der Waals surface area contributed by atoms with Crippen molar-refractivity contribution in [2.24, 2.45) is 0 Å². The first-order chi connectivity index (χ1) is 10.8. The van der Waals surface area contributed by atoms with Crippen molar-refractivity contribution < 1.29 is 14.3 Å². The van der Waals surface area contributed by atoms with Gasteiger partial charge in [0.25, 0.3) is 0 Å². The first-order valence-corrected chi connectivity index (χ1v) is 8.10. The number of likely N-dealkylation sites (tertiary alicyclic amines) is 1. The van der Waals surface area contributed by atoms with Gasteiger partial charge in [-0.1, -0.05) is 6.58 Å². The van der Waals surface area contributed by atoms with Crippen LogP contribution in [-0.2, 0) is 4.79 Å². The largest absolute Gasteiger partial charge is 0.486 e. The van der Waals surface area contributed by atoms with E-state index in [9.17, 15) is 9.59 Å². The van der Waals surface area contributed by atoms with Crippen LogP contribution in [-0.4, -0.2) is 35.3 Å². The van der Waals surface area contributed by atoms with E-state index in [0.717, 1.165) is 11.1 Å². The summed E-state index contributed by atoms with van der Waals surface area (Å²) >= 11 is 0. The van der Waals surface area contributed by atoms with Crippen LogP contribution in [0.4, 0.5) is 0 Å². The van der Waals surface area contributed by atoms with Gasteiger partial charge in [0.2, 0.25) is 5.91 Å². The summed E-state index contributed by atoms with van der Waals surface area (Å²) in [5, 5.41) is 0. The zero-order chi connectivity index (χ0) is 16.8. The van der Waals surface area contributed by atoms with Crippen LogP contribution in [0, 0.1) is 13.8 Å². The second-order valence-electron chi connectivity index (χ2n) is 6.89. The summed E-state index contributed by atoms with van der Waals surface area (Å²) < 4.78 is 6.27. The molecule has 122 valence electrons. The Hall–Kier alpha value is -2.10. The lowest BCUT2D eigenvalue weighted by atomic mass is 9.82. The molecule has 0 bridgehead atoms. The van der Waals surface area contributed by atoms with Crippen LogP contribution in [0.15, 0.2) is 24.3 Å². The number of piperidine rings is 1. The zero-order valence-electron chi connectivity index (χ0n) is 14.1. The van der Waals surface area contributed by atoms with Crippen LogP contribution in [0.25, 0.3) is 0 Å².